The number of rotatable bonds is 4. The van der Waals surface area contributed by atoms with Crippen LogP contribution in [0.3, 0.4) is 0 Å². The molecule has 0 heterocycles. The third-order valence-corrected chi connectivity index (χ3v) is 1.65. The molecule has 0 saturated carbocycles. The number of nitrogens with zero attached hydrogens (tertiary/aromatic N) is 1. The predicted molar refractivity (Wildman–Crippen MR) is 49.9 cm³/mol. The average Bonchev–Trinajstić information content (AvgIpc) is 2.22. The lowest BCUT2D eigenvalue weighted by Crippen LogP contribution is -2.16. The number of ether oxygens (including phenoxy) is 1. The van der Waals surface area contributed by atoms with Crippen molar-refractivity contribution in [2.45, 2.75) is 6.42 Å². The van der Waals surface area contributed by atoms with E-state index in [0.717, 1.165) is 12.1 Å². The van der Waals surface area contributed by atoms with E-state index in [9.17, 15) is 8.78 Å². The number of para-hydroxylation sites is 1. The zero-order valence-corrected chi connectivity index (χ0v) is 7.78. The van der Waals surface area contributed by atoms with Gasteiger partial charge < -0.3 is 15.7 Å². The Balaban J connectivity index is 2.58. The Kier molecular flexibility index (Phi) is 3.84. The maximum atomic E-state index is 13.0. The summed E-state index contributed by atoms with van der Waals surface area (Å²) in [5.41, 5.74) is 5.15. The summed E-state index contributed by atoms with van der Waals surface area (Å²) in [6.07, 6.45) is 0.0876. The molecule has 6 heteroatoms. The number of nitrogens with two attached hydrogens (primary N) is 1. The standard InChI is InChI=1S/C9H10F2N2O2/c10-6-2-1-3-7(11)9(6)15-5-4-8(12)13-14/h1-3,14H,4-5H2,(H2,12,13). The molecule has 15 heavy (non-hydrogen) atoms. The van der Waals surface area contributed by atoms with E-state index in [4.69, 9.17) is 15.7 Å². The zero-order valence-electron chi connectivity index (χ0n) is 7.78. The van der Waals surface area contributed by atoms with Crippen LogP contribution in [0, 0.1) is 11.6 Å². The lowest BCUT2D eigenvalue weighted by molar-refractivity contribution is 0.287. The van der Waals surface area contributed by atoms with Gasteiger partial charge in [0.2, 0.25) is 0 Å². The topological polar surface area (TPSA) is 67.8 Å². The molecular formula is C9H10F2N2O2. The maximum absolute atomic E-state index is 13.0. The summed E-state index contributed by atoms with van der Waals surface area (Å²) in [5, 5.41) is 10.9. The first-order valence-corrected chi connectivity index (χ1v) is 4.18. The van der Waals surface area contributed by atoms with Crippen molar-refractivity contribution >= 4 is 5.84 Å². The molecule has 0 saturated heterocycles. The van der Waals surface area contributed by atoms with Crippen LogP contribution in [-0.2, 0) is 0 Å². The molecule has 0 unspecified atom stereocenters. The Hall–Kier alpha value is -1.85. The Labute approximate surface area is 85.0 Å². The maximum Gasteiger partial charge on any atom is 0.190 e. The molecule has 0 aliphatic rings. The fourth-order valence-corrected chi connectivity index (χ4v) is 0.928. The van der Waals surface area contributed by atoms with Crippen molar-refractivity contribution in [2.75, 3.05) is 6.61 Å². The van der Waals surface area contributed by atoms with E-state index in [1.165, 1.54) is 6.07 Å². The van der Waals surface area contributed by atoms with Gasteiger partial charge in [0, 0.05) is 6.42 Å². The lowest BCUT2D eigenvalue weighted by Gasteiger charge is -2.06. The first kappa shape index (κ1) is 11.2. The Morgan fingerprint density at radius 1 is 1.40 bits per heavy atom. The van der Waals surface area contributed by atoms with Gasteiger partial charge in [0.1, 0.15) is 5.84 Å². The van der Waals surface area contributed by atoms with Gasteiger partial charge >= 0.3 is 0 Å². The third-order valence-electron chi connectivity index (χ3n) is 1.65. The summed E-state index contributed by atoms with van der Waals surface area (Å²) >= 11 is 0. The van der Waals surface area contributed by atoms with Crippen LogP contribution < -0.4 is 10.5 Å². The molecule has 0 fully saturated rings. The van der Waals surface area contributed by atoms with Crippen molar-refractivity contribution in [3.8, 4) is 5.75 Å². The van der Waals surface area contributed by atoms with Gasteiger partial charge in [-0.1, -0.05) is 11.2 Å². The largest absolute Gasteiger partial charge is 0.487 e. The van der Waals surface area contributed by atoms with Crippen molar-refractivity contribution in [3.05, 3.63) is 29.8 Å². The lowest BCUT2D eigenvalue weighted by atomic mass is 10.3. The van der Waals surface area contributed by atoms with Crippen molar-refractivity contribution < 1.29 is 18.7 Å². The van der Waals surface area contributed by atoms with Gasteiger partial charge in [-0.25, -0.2) is 8.78 Å². The summed E-state index contributed by atoms with van der Waals surface area (Å²) < 4.78 is 30.8. The van der Waals surface area contributed by atoms with Crippen LogP contribution in [0.5, 0.6) is 5.75 Å². The molecule has 0 aliphatic carbocycles. The molecule has 0 spiro atoms. The highest BCUT2D eigenvalue weighted by molar-refractivity contribution is 5.79. The second kappa shape index (κ2) is 5.14. The van der Waals surface area contributed by atoms with Crippen LogP contribution >= 0.6 is 0 Å². The van der Waals surface area contributed by atoms with E-state index in [1.807, 2.05) is 0 Å². The second-order valence-electron chi connectivity index (χ2n) is 2.74. The summed E-state index contributed by atoms with van der Waals surface area (Å²) in [4.78, 5) is 0. The van der Waals surface area contributed by atoms with E-state index in [-0.39, 0.29) is 18.9 Å². The third kappa shape index (κ3) is 3.08. The van der Waals surface area contributed by atoms with E-state index in [1.54, 1.807) is 0 Å². The average molecular weight is 216 g/mol. The van der Waals surface area contributed by atoms with E-state index < -0.39 is 17.4 Å². The van der Waals surface area contributed by atoms with E-state index in [0.29, 0.717) is 0 Å². The summed E-state index contributed by atoms with van der Waals surface area (Å²) in [6, 6.07) is 3.41. The molecule has 0 bridgehead atoms. The summed E-state index contributed by atoms with van der Waals surface area (Å²) in [7, 11) is 0. The minimum Gasteiger partial charge on any atom is -0.487 e. The fourth-order valence-electron chi connectivity index (χ4n) is 0.928. The highest BCUT2D eigenvalue weighted by Gasteiger charge is 2.09. The molecule has 3 N–H and O–H groups in total. The van der Waals surface area contributed by atoms with Crippen LogP contribution in [0.1, 0.15) is 6.42 Å². The van der Waals surface area contributed by atoms with Gasteiger partial charge in [-0.15, -0.1) is 0 Å². The van der Waals surface area contributed by atoms with Crippen LogP contribution in [0.25, 0.3) is 0 Å². The van der Waals surface area contributed by atoms with Gasteiger partial charge in [0.25, 0.3) is 0 Å². The van der Waals surface area contributed by atoms with Crippen molar-refractivity contribution in [3.63, 3.8) is 0 Å². The zero-order chi connectivity index (χ0) is 11.3. The highest BCUT2D eigenvalue weighted by atomic mass is 19.1. The first-order valence-electron chi connectivity index (χ1n) is 4.18. The van der Waals surface area contributed by atoms with Crippen LogP contribution in [0.2, 0.25) is 0 Å². The quantitative estimate of drug-likeness (QED) is 0.346. The van der Waals surface area contributed by atoms with Crippen LogP contribution in [0.15, 0.2) is 23.4 Å². The molecule has 1 rings (SSSR count). The molecule has 1 aromatic carbocycles. The van der Waals surface area contributed by atoms with Gasteiger partial charge in [-0.2, -0.15) is 0 Å². The minimum absolute atomic E-state index is 0.0618. The van der Waals surface area contributed by atoms with E-state index in [2.05, 4.69) is 5.16 Å². The first-order chi connectivity index (χ1) is 7.15. The Morgan fingerprint density at radius 2 is 2.00 bits per heavy atom. The molecule has 0 radical (unpaired) electrons. The van der Waals surface area contributed by atoms with Gasteiger partial charge in [-0.3, -0.25) is 0 Å². The summed E-state index contributed by atoms with van der Waals surface area (Å²) in [5.74, 6) is -2.08. The number of hydrogen-bond donors (Lipinski definition) is 2. The molecule has 0 aromatic heterocycles. The SMILES string of the molecule is N/C(CCOc1c(F)cccc1F)=N/O. The number of oxime groups is 1. The normalized spacial score (nSPS) is 11.5. The summed E-state index contributed by atoms with van der Waals surface area (Å²) in [6.45, 7) is -0.0618. The monoisotopic (exact) mass is 216 g/mol. The fraction of sp³-hybridized carbons (Fsp3) is 0.222. The van der Waals surface area contributed by atoms with Crippen molar-refractivity contribution in [1.82, 2.24) is 0 Å². The molecule has 0 atom stereocenters. The second-order valence-corrected chi connectivity index (χ2v) is 2.74. The number of hydrogen-bond acceptors (Lipinski definition) is 3. The van der Waals surface area contributed by atoms with Gasteiger partial charge in [0.15, 0.2) is 17.4 Å². The highest BCUT2D eigenvalue weighted by Crippen LogP contribution is 2.20. The number of halogens is 2. The number of amidine groups is 1. The Bertz CT molecular complexity index is 349. The van der Waals surface area contributed by atoms with Crippen LogP contribution in [0.4, 0.5) is 8.78 Å². The number of benzene rings is 1. The molecule has 82 valence electrons. The minimum atomic E-state index is -0.783. The molecule has 1 aromatic rings. The van der Waals surface area contributed by atoms with Crippen LogP contribution in [-0.4, -0.2) is 17.6 Å². The van der Waals surface area contributed by atoms with Gasteiger partial charge in [-0.05, 0) is 12.1 Å². The molecule has 0 aliphatic heterocycles. The van der Waals surface area contributed by atoms with Crippen molar-refractivity contribution in [1.29, 1.82) is 0 Å². The molecule has 0 amide bonds. The molecule has 4 nitrogen and oxygen atoms in total. The predicted octanol–water partition coefficient (Wildman–Crippen LogP) is 1.48. The Morgan fingerprint density at radius 3 is 2.53 bits per heavy atom. The van der Waals surface area contributed by atoms with Crippen molar-refractivity contribution in [2.24, 2.45) is 10.9 Å². The molecular weight excluding hydrogens is 206 g/mol. The van der Waals surface area contributed by atoms with Gasteiger partial charge in [0.05, 0.1) is 6.61 Å². The smallest absolute Gasteiger partial charge is 0.190 e. The van der Waals surface area contributed by atoms with E-state index >= 15 is 0 Å².